The lowest BCUT2D eigenvalue weighted by molar-refractivity contribution is -0.140. The summed E-state index contributed by atoms with van der Waals surface area (Å²) in [6, 6.07) is 0. The van der Waals surface area contributed by atoms with Gasteiger partial charge in [-0.15, -0.1) is 0 Å². The van der Waals surface area contributed by atoms with Gasteiger partial charge in [0.25, 0.3) is 0 Å². The van der Waals surface area contributed by atoms with Crippen molar-refractivity contribution in [3.63, 3.8) is 0 Å². The zero-order chi connectivity index (χ0) is 16.0. The van der Waals surface area contributed by atoms with E-state index in [1.165, 1.54) is 0 Å². The highest BCUT2D eigenvalue weighted by Crippen LogP contribution is 2.41. The lowest BCUT2D eigenvalue weighted by Gasteiger charge is -2.45. The van der Waals surface area contributed by atoms with Crippen molar-refractivity contribution in [1.82, 2.24) is 10.6 Å². The number of hydrogen-bond acceptors (Lipinski definition) is 4. The summed E-state index contributed by atoms with van der Waals surface area (Å²) in [5.74, 6) is 0.667. The molecule has 0 saturated heterocycles. The van der Waals surface area contributed by atoms with Crippen molar-refractivity contribution in [3.8, 4) is 0 Å². The van der Waals surface area contributed by atoms with E-state index < -0.39 is 0 Å². The van der Waals surface area contributed by atoms with Crippen LogP contribution in [0.15, 0.2) is 0 Å². The molecule has 5 nitrogen and oxygen atoms in total. The maximum Gasteiger partial charge on any atom is 0.224 e. The molecule has 3 unspecified atom stereocenters. The van der Waals surface area contributed by atoms with Crippen molar-refractivity contribution in [3.05, 3.63) is 0 Å². The van der Waals surface area contributed by atoms with E-state index in [0.717, 1.165) is 12.8 Å². The average molecular weight is 300 g/mol. The number of carbonyl (C=O) groups excluding carboxylic acids is 1. The first-order valence-corrected chi connectivity index (χ1v) is 8.06. The quantitative estimate of drug-likeness (QED) is 0.565. The minimum atomic E-state index is -0.176. The largest absolute Gasteiger partial charge is 0.381 e. The molecule has 0 aliphatic heterocycles. The molecule has 3 N–H and O–H groups in total. The highest BCUT2D eigenvalue weighted by Gasteiger charge is 2.46. The van der Waals surface area contributed by atoms with E-state index in [-0.39, 0.29) is 42.0 Å². The van der Waals surface area contributed by atoms with Gasteiger partial charge in [0.2, 0.25) is 5.91 Å². The smallest absolute Gasteiger partial charge is 0.224 e. The Kier molecular flexibility index (Phi) is 7.10. The Balaban J connectivity index is 2.61. The fraction of sp³-hybridized carbons (Fsp3) is 0.938. The summed E-state index contributed by atoms with van der Waals surface area (Å²) < 4.78 is 5.69. The average Bonchev–Trinajstić information content (AvgIpc) is 2.35. The lowest BCUT2D eigenvalue weighted by atomic mass is 9.64. The van der Waals surface area contributed by atoms with Gasteiger partial charge in [0.05, 0.1) is 19.4 Å². The third-order valence-electron chi connectivity index (χ3n) is 4.43. The molecule has 1 fully saturated rings. The highest BCUT2D eigenvalue weighted by atomic mass is 16.5. The SMILES string of the molecule is CCC(C)(C)NC(=O)C1C(CNCO)CC1COC(C)C. The number of aliphatic hydroxyl groups is 1. The summed E-state index contributed by atoms with van der Waals surface area (Å²) >= 11 is 0. The number of carbonyl (C=O) groups is 1. The van der Waals surface area contributed by atoms with E-state index in [4.69, 9.17) is 9.84 Å². The molecule has 21 heavy (non-hydrogen) atoms. The number of aliphatic hydroxyl groups excluding tert-OH is 1. The second-order valence-electron chi connectivity index (χ2n) is 7.00. The number of hydrogen-bond donors (Lipinski definition) is 3. The van der Waals surface area contributed by atoms with E-state index in [9.17, 15) is 4.79 Å². The van der Waals surface area contributed by atoms with Crippen LogP contribution < -0.4 is 10.6 Å². The Morgan fingerprint density at radius 3 is 2.57 bits per heavy atom. The normalized spacial score (nSPS) is 25.8. The second-order valence-corrected chi connectivity index (χ2v) is 7.00. The van der Waals surface area contributed by atoms with Gasteiger partial charge in [0.1, 0.15) is 0 Å². The third-order valence-corrected chi connectivity index (χ3v) is 4.43. The van der Waals surface area contributed by atoms with E-state index in [0.29, 0.717) is 13.2 Å². The van der Waals surface area contributed by atoms with Crippen molar-refractivity contribution in [2.75, 3.05) is 19.9 Å². The Morgan fingerprint density at radius 2 is 2.05 bits per heavy atom. The van der Waals surface area contributed by atoms with Crippen molar-refractivity contribution in [2.45, 2.75) is 59.1 Å². The lowest BCUT2D eigenvalue weighted by Crippen LogP contribution is -2.56. The predicted molar refractivity (Wildman–Crippen MR) is 83.8 cm³/mol. The summed E-state index contributed by atoms with van der Waals surface area (Å²) in [6.45, 7) is 11.5. The van der Waals surface area contributed by atoms with E-state index >= 15 is 0 Å². The molecule has 0 radical (unpaired) electrons. The molecular weight excluding hydrogens is 268 g/mol. The van der Waals surface area contributed by atoms with Gasteiger partial charge in [-0.3, -0.25) is 10.1 Å². The van der Waals surface area contributed by atoms with Crippen LogP contribution in [0.25, 0.3) is 0 Å². The van der Waals surface area contributed by atoms with Gasteiger partial charge >= 0.3 is 0 Å². The first-order valence-electron chi connectivity index (χ1n) is 8.06. The molecule has 1 rings (SSSR count). The number of rotatable bonds is 9. The Bertz CT molecular complexity index is 331. The van der Waals surface area contributed by atoms with Crippen molar-refractivity contribution in [1.29, 1.82) is 0 Å². The minimum Gasteiger partial charge on any atom is -0.381 e. The van der Waals surface area contributed by atoms with Crippen molar-refractivity contribution >= 4 is 5.91 Å². The fourth-order valence-corrected chi connectivity index (χ4v) is 2.75. The molecule has 0 heterocycles. The van der Waals surface area contributed by atoms with E-state index in [1.54, 1.807) is 0 Å². The van der Waals surface area contributed by atoms with Crippen LogP contribution in [0.1, 0.15) is 47.5 Å². The molecule has 0 aromatic heterocycles. The maximum absolute atomic E-state index is 12.6. The molecule has 1 amide bonds. The summed E-state index contributed by atoms with van der Waals surface area (Å²) in [4.78, 5) is 12.6. The monoisotopic (exact) mass is 300 g/mol. The number of amides is 1. The van der Waals surface area contributed by atoms with Crippen LogP contribution >= 0.6 is 0 Å². The van der Waals surface area contributed by atoms with Gasteiger partial charge in [-0.05, 0) is 52.4 Å². The molecule has 5 heteroatoms. The van der Waals surface area contributed by atoms with Gasteiger partial charge < -0.3 is 15.2 Å². The van der Waals surface area contributed by atoms with Crippen LogP contribution in [0.3, 0.4) is 0 Å². The molecule has 0 aromatic rings. The fourth-order valence-electron chi connectivity index (χ4n) is 2.75. The summed E-state index contributed by atoms with van der Waals surface area (Å²) in [5, 5.41) is 15.0. The summed E-state index contributed by atoms with van der Waals surface area (Å²) in [6.07, 6.45) is 2.07. The topological polar surface area (TPSA) is 70.6 Å². The van der Waals surface area contributed by atoms with Crippen LogP contribution in [0.4, 0.5) is 0 Å². The first-order chi connectivity index (χ1) is 9.80. The van der Waals surface area contributed by atoms with Crippen LogP contribution in [0, 0.1) is 17.8 Å². The van der Waals surface area contributed by atoms with Gasteiger partial charge in [-0.25, -0.2) is 0 Å². The Labute approximate surface area is 128 Å². The van der Waals surface area contributed by atoms with Crippen LogP contribution in [0.5, 0.6) is 0 Å². The van der Waals surface area contributed by atoms with E-state index in [1.807, 2.05) is 27.7 Å². The summed E-state index contributed by atoms with van der Waals surface area (Å²) in [7, 11) is 0. The maximum atomic E-state index is 12.6. The zero-order valence-electron chi connectivity index (χ0n) is 14.1. The molecule has 124 valence electrons. The Morgan fingerprint density at radius 1 is 1.38 bits per heavy atom. The molecule has 1 saturated carbocycles. The van der Waals surface area contributed by atoms with Gasteiger partial charge in [0.15, 0.2) is 0 Å². The molecule has 0 spiro atoms. The number of nitrogens with one attached hydrogen (secondary N) is 2. The standard InChI is InChI=1S/C16H32N2O3/c1-6-16(4,5)18-15(20)14-12(8-17-10-19)7-13(14)9-21-11(2)3/h11-14,17,19H,6-10H2,1-5H3,(H,18,20). The first kappa shape index (κ1) is 18.4. The second kappa shape index (κ2) is 8.11. The molecule has 3 atom stereocenters. The molecule has 1 aliphatic rings. The molecular formula is C16H32N2O3. The predicted octanol–water partition coefficient (Wildman–Crippen LogP) is 1.51. The zero-order valence-corrected chi connectivity index (χ0v) is 14.1. The minimum absolute atomic E-state index is 0.0198. The molecule has 0 aromatic carbocycles. The van der Waals surface area contributed by atoms with Gasteiger partial charge in [-0.2, -0.15) is 0 Å². The van der Waals surface area contributed by atoms with Crippen LogP contribution in [-0.2, 0) is 9.53 Å². The van der Waals surface area contributed by atoms with Crippen molar-refractivity contribution < 1.29 is 14.6 Å². The van der Waals surface area contributed by atoms with Crippen LogP contribution in [-0.4, -0.2) is 42.5 Å². The van der Waals surface area contributed by atoms with Crippen molar-refractivity contribution in [2.24, 2.45) is 17.8 Å². The summed E-state index contributed by atoms with van der Waals surface area (Å²) in [5.41, 5.74) is -0.176. The molecule has 0 bridgehead atoms. The van der Waals surface area contributed by atoms with E-state index in [2.05, 4.69) is 17.6 Å². The Hall–Kier alpha value is -0.650. The number of ether oxygens (including phenoxy) is 1. The van der Waals surface area contributed by atoms with Gasteiger partial charge in [0, 0.05) is 18.0 Å². The third kappa shape index (κ3) is 5.57. The molecule has 1 aliphatic carbocycles. The van der Waals surface area contributed by atoms with Crippen LogP contribution in [0.2, 0.25) is 0 Å². The van der Waals surface area contributed by atoms with Gasteiger partial charge in [-0.1, -0.05) is 6.92 Å². The highest BCUT2D eigenvalue weighted by molar-refractivity contribution is 5.81.